The Hall–Kier alpha value is -1.75. The van der Waals surface area contributed by atoms with Gasteiger partial charge in [0.05, 0.1) is 0 Å². The van der Waals surface area contributed by atoms with Crippen molar-refractivity contribution in [3.05, 3.63) is 39.8 Å². The van der Waals surface area contributed by atoms with Crippen LogP contribution in [0.1, 0.15) is 27.2 Å². The van der Waals surface area contributed by atoms with Gasteiger partial charge >= 0.3 is 5.97 Å². The molecule has 96 valence electrons. The summed E-state index contributed by atoms with van der Waals surface area (Å²) in [6, 6.07) is 7.49. The number of rotatable bonds is 5. The molecular formula is C13H15NO3S. The van der Waals surface area contributed by atoms with Crippen LogP contribution in [0, 0.1) is 6.92 Å². The zero-order valence-corrected chi connectivity index (χ0v) is 11.1. The summed E-state index contributed by atoms with van der Waals surface area (Å²) >= 11 is 1.77. The molecule has 18 heavy (non-hydrogen) atoms. The SMILES string of the molecule is Cc1ccc(CC(C)Nc2ccc(C(=O)O)o2)s1. The van der Waals surface area contributed by atoms with E-state index >= 15 is 0 Å². The van der Waals surface area contributed by atoms with E-state index in [1.807, 2.05) is 6.92 Å². The number of nitrogens with one attached hydrogen (secondary N) is 1. The van der Waals surface area contributed by atoms with Crippen LogP contribution in [0.5, 0.6) is 0 Å². The van der Waals surface area contributed by atoms with Crippen LogP contribution in [-0.4, -0.2) is 17.1 Å². The summed E-state index contributed by atoms with van der Waals surface area (Å²) in [6.07, 6.45) is 0.890. The van der Waals surface area contributed by atoms with Crippen molar-refractivity contribution >= 4 is 23.2 Å². The highest BCUT2D eigenvalue weighted by atomic mass is 32.1. The molecule has 0 aromatic carbocycles. The Kier molecular flexibility index (Phi) is 3.72. The number of carboxylic acids is 1. The predicted octanol–water partition coefficient (Wildman–Crippen LogP) is 3.39. The van der Waals surface area contributed by atoms with E-state index in [9.17, 15) is 4.79 Å². The number of carbonyl (C=O) groups is 1. The van der Waals surface area contributed by atoms with E-state index in [1.165, 1.54) is 15.8 Å². The number of hydrogen-bond donors (Lipinski definition) is 2. The quantitative estimate of drug-likeness (QED) is 0.869. The van der Waals surface area contributed by atoms with Crippen molar-refractivity contribution in [3.63, 3.8) is 0 Å². The lowest BCUT2D eigenvalue weighted by Gasteiger charge is -2.11. The third-order valence-corrected chi connectivity index (χ3v) is 3.53. The molecule has 4 nitrogen and oxygen atoms in total. The summed E-state index contributed by atoms with van der Waals surface area (Å²) in [5.74, 6) is -0.602. The first-order valence-corrected chi connectivity index (χ1v) is 6.51. The maximum absolute atomic E-state index is 10.7. The van der Waals surface area contributed by atoms with E-state index < -0.39 is 5.97 Å². The third-order valence-electron chi connectivity index (χ3n) is 2.51. The average molecular weight is 265 g/mol. The van der Waals surface area contributed by atoms with Crippen LogP contribution in [0.25, 0.3) is 0 Å². The van der Waals surface area contributed by atoms with Gasteiger partial charge in [-0.15, -0.1) is 11.3 Å². The first-order chi connectivity index (χ1) is 8.54. The molecule has 2 aromatic heterocycles. The van der Waals surface area contributed by atoms with Crippen molar-refractivity contribution in [1.82, 2.24) is 0 Å². The summed E-state index contributed by atoms with van der Waals surface area (Å²) in [5.41, 5.74) is 0. The monoisotopic (exact) mass is 265 g/mol. The van der Waals surface area contributed by atoms with E-state index in [-0.39, 0.29) is 11.8 Å². The first-order valence-electron chi connectivity index (χ1n) is 5.69. The zero-order valence-electron chi connectivity index (χ0n) is 10.3. The maximum atomic E-state index is 10.7. The molecule has 0 aliphatic rings. The molecule has 2 heterocycles. The Balaban J connectivity index is 1.94. The summed E-state index contributed by atoms with van der Waals surface area (Å²) in [5, 5.41) is 11.9. The average Bonchev–Trinajstić information content (AvgIpc) is 2.88. The molecule has 1 atom stereocenters. The highest BCUT2D eigenvalue weighted by Crippen LogP contribution is 2.19. The Morgan fingerprint density at radius 3 is 2.78 bits per heavy atom. The summed E-state index contributed by atoms with van der Waals surface area (Å²) in [7, 11) is 0. The number of thiophene rings is 1. The minimum Gasteiger partial charge on any atom is -0.475 e. The second kappa shape index (κ2) is 5.27. The maximum Gasteiger partial charge on any atom is 0.371 e. The van der Waals surface area contributed by atoms with Gasteiger partial charge in [-0.1, -0.05) is 0 Å². The zero-order chi connectivity index (χ0) is 13.1. The second-order valence-corrected chi connectivity index (χ2v) is 5.60. The molecule has 0 fully saturated rings. The highest BCUT2D eigenvalue weighted by Gasteiger charge is 2.11. The molecule has 5 heteroatoms. The first kappa shape index (κ1) is 12.7. The molecule has 0 aliphatic carbocycles. The van der Waals surface area contributed by atoms with Gasteiger partial charge < -0.3 is 14.8 Å². The van der Waals surface area contributed by atoms with Crippen LogP contribution in [0.4, 0.5) is 5.88 Å². The molecule has 1 unspecified atom stereocenters. The summed E-state index contributed by atoms with van der Waals surface area (Å²) < 4.78 is 5.15. The van der Waals surface area contributed by atoms with Gasteiger partial charge in [-0.25, -0.2) is 4.79 Å². The van der Waals surface area contributed by atoms with Crippen LogP contribution < -0.4 is 5.32 Å². The van der Waals surface area contributed by atoms with Crippen molar-refractivity contribution in [2.45, 2.75) is 26.3 Å². The van der Waals surface area contributed by atoms with Gasteiger partial charge in [0, 0.05) is 28.3 Å². The molecule has 0 spiro atoms. The Morgan fingerprint density at radius 2 is 2.22 bits per heavy atom. The topological polar surface area (TPSA) is 62.5 Å². The predicted molar refractivity (Wildman–Crippen MR) is 71.5 cm³/mol. The summed E-state index contributed by atoms with van der Waals surface area (Å²) in [6.45, 7) is 4.12. The number of hydrogen-bond acceptors (Lipinski definition) is 4. The van der Waals surface area contributed by atoms with Gasteiger partial charge in [0.25, 0.3) is 0 Å². The molecule has 2 rings (SSSR count). The Morgan fingerprint density at radius 1 is 1.44 bits per heavy atom. The fraction of sp³-hybridized carbons (Fsp3) is 0.308. The van der Waals surface area contributed by atoms with Crippen LogP contribution in [0.2, 0.25) is 0 Å². The molecule has 0 saturated carbocycles. The smallest absolute Gasteiger partial charge is 0.371 e. The molecule has 0 aliphatic heterocycles. The minimum absolute atomic E-state index is 0.0448. The molecule has 2 aromatic rings. The number of aryl methyl sites for hydroxylation is 1. The molecule has 2 N–H and O–H groups in total. The van der Waals surface area contributed by atoms with Crippen molar-refractivity contribution < 1.29 is 14.3 Å². The Bertz CT molecular complexity index is 544. The lowest BCUT2D eigenvalue weighted by molar-refractivity contribution is 0.0663. The number of anilines is 1. The lowest BCUT2D eigenvalue weighted by atomic mass is 10.2. The molecule has 0 saturated heterocycles. The fourth-order valence-electron chi connectivity index (χ4n) is 1.72. The Labute approximate surface area is 109 Å². The number of aromatic carboxylic acids is 1. The third kappa shape index (κ3) is 3.13. The van der Waals surface area contributed by atoms with Gasteiger partial charge in [-0.3, -0.25) is 0 Å². The van der Waals surface area contributed by atoms with Crippen molar-refractivity contribution in [2.24, 2.45) is 0 Å². The van der Waals surface area contributed by atoms with Gasteiger partial charge in [-0.2, -0.15) is 0 Å². The number of furan rings is 1. The van der Waals surface area contributed by atoms with E-state index in [1.54, 1.807) is 17.4 Å². The molecule has 0 bridgehead atoms. The van der Waals surface area contributed by atoms with Crippen molar-refractivity contribution in [3.8, 4) is 0 Å². The van der Waals surface area contributed by atoms with Gasteiger partial charge in [-0.05, 0) is 32.0 Å². The number of carboxylic acid groups (broad SMARTS) is 1. The van der Waals surface area contributed by atoms with Gasteiger partial charge in [0.2, 0.25) is 5.76 Å². The molecule has 0 radical (unpaired) electrons. The highest BCUT2D eigenvalue weighted by molar-refractivity contribution is 7.11. The van der Waals surface area contributed by atoms with Gasteiger partial charge in [0.15, 0.2) is 5.88 Å². The summed E-state index contributed by atoms with van der Waals surface area (Å²) in [4.78, 5) is 13.3. The van der Waals surface area contributed by atoms with E-state index in [0.29, 0.717) is 5.88 Å². The van der Waals surface area contributed by atoms with E-state index in [0.717, 1.165) is 6.42 Å². The van der Waals surface area contributed by atoms with Crippen LogP contribution in [0.3, 0.4) is 0 Å². The normalized spacial score (nSPS) is 12.3. The van der Waals surface area contributed by atoms with Crippen LogP contribution in [0.15, 0.2) is 28.7 Å². The molecular weight excluding hydrogens is 250 g/mol. The van der Waals surface area contributed by atoms with Crippen molar-refractivity contribution in [1.29, 1.82) is 0 Å². The standard InChI is InChI=1S/C13H15NO3S/c1-8(7-10-4-3-9(2)18-10)14-12-6-5-11(17-12)13(15)16/h3-6,8,14H,7H2,1-2H3,(H,15,16). The van der Waals surface area contributed by atoms with E-state index in [4.69, 9.17) is 9.52 Å². The minimum atomic E-state index is -1.05. The fourth-order valence-corrected chi connectivity index (χ4v) is 2.74. The van der Waals surface area contributed by atoms with Crippen LogP contribution >= 0.6 is 11.3 Å². The van der Waals surface area contributed by atoms with Crippen molar-refractivity contribution in [2.75, 3.05) is 5.32 Å². The molecule has 0 amide bonds. The lowest BCUT2D eigenvalue weighted by Crippen LogP contribution is -2.16. The second-order valence-electron chi connectivity index (χ2n) is 4.23. The largest absolute Gasteiger partial charge is 0.475 e. The van der Waals surface area contributed by atoms with E-state index in [2.05, 4.69) is 24.4 Å². The van der Waals surface area contributed by atoms with Crippen LogP contribution in [-0.2, 0) is 6.42 Å². The van der Waals surface area contributed by atoms with Gasteiger partial charge in [0.1, 0.15) is 0 Å².